The van der Waals surface area contributed by atoms with Gasteiger partial charge in [0.25, 0.3) is 5.91 Å². The van der Waals surface area contributed by atoms with Crippen molar-refractivity contribution in [2.75, 3.05) is 19.6 Å². The van der Waals surface area contributed by atoms with Gasteiger partial charge in [0, 0.05) is 12.6 Å². The number of hydrogen-bond donors (Lipinski definition) is 2. The van der Waals surface area contributed by atoms with Crippen LogP contribution in [0.1, 0.15) is 23.3 Å². The lowest BCUT2D eigenvalue weighted by Gasteiger charge is -2.44. The van der Waals surface area contributed by atoms with Gasteiger partial charge in [0.15, 0.2) is 5.69 Å². The molecule has 4 heterocycles. The molecule has 8 heteroatoms. The van der Waals surface area contributed by atoms with Crippen molar-refractivity contribution < 1.29 is 14.7 Å². The number of carboxylic acid groups (broad SMARTS) is 1. The molecule has 1 unspecified atom stereocenters. The van der Waals surface area contributed by atoms with Crippen LogP contribution in [0.4, 0.5) is 0 Å². The van der Waals surface area contributed by atoms with E-state index in [-0.39, 0.29) is 24.2 Å². The number of carboxylic acids is 1. The average Bonchev–Trinajstić information content (AvgIpc) is 2.88. The minimum atomic E-state index is -1.01. The molecular formula is C12H17N5O3. The van der Waals surface area contributed by atoms with E-state index in [9.17, 15) is 9.59 Å². The number of rotatable bonds is 4. The molecule has 0 spiro atoms. The zero-order valence-electron chi connectivity index (χ0n) is 11.0. The normalized spacial score (nSPS) is 28.3. The standard InChI is InChI=1S/C12H17N5O3/c18-11(19)7-17-6-10(14-15-17)12(20)13-9-5-16-3-1-8(9)2-4-16/h6,8-9H,1-5,7H2,(H,13,20)(H,18,19). The zero-order valence-corrected chi connectivity index (χ0v) is 11.0. The first kappa shape index (κ1) is 13.0. The van der Waals surface area contributed by atoms with E-state index >= 15 is 0 Å². The Morgan fingerprint density at radius 2 is 2.15 bits per heavy atom. The van der Waals surface area contributed by atoms with Crippen LogP contribution in [-0.2, 0) is 11.3 Å². The molecule has 1 atom stereocenters. The van der Waals surface area contributed by atoms with Crippen molar-refractivity contribution >= 4 is 11.9 Å². The first-order chi connectivity index (χ1) is 9.61. The SMILES string of the molecule is O=C(O)Cn1cc(C(=O)NC2CN3CCC2CC3)nn1. The van der Waals surface area contributed by atoms with E-state index < -0.39 is 5.97 Å². The van der Waals surface area contributed by atoms with Crippen molar-refractivity contribution in [1.82, 2.24) is 25.2 Å². The number of nitrogens with one attached hydrogen (secondary N) is 1. The third-order valence-corrected chi connectivity index (χ3v) is 4.04. The maximum Gasteiger partial charge on any atom is 0.325 e. The van der Waals surface area contributed by atoms with Crippen LogP contribution in [-0.4, -0.2) is 62.6 Å². The van der Waals surface area contributed by atoms with Crippen molar-refractivity contribution in [2.45, 2.75) is 25.4 Å². The molecule has 1 aromatic rings. The summed E-state index contributed by atoms with van der Waals surface area (Å²) in [6.45, 7) is 2.83. The number of carbonyl (C=O) groups is 2. The Bertz CT molecular complexity index is 521. The lowest BCUT2D eigenvalue weighted by Crippen LogP contribution is -2.57. The fourth-order valence-electron chi connectivity index (χ4n) is 2.99. The van der Waals surface area contributed by atoms with Gasteiger partial charge in [0.2, 0.25) is 0 Å². The highest BCUT2D eigenvalue weighted by molar-refractivity contribution is 5.92. The Kier molecular flexibility index (Phi) is 3.39. The van der Waals surface area contributed by atoms with E-state index in [2.05, 4.69) is 20.5 Å². The topological polar surface area (TPSA) is 100 Å². The molecule has 108 valence electrons. The minimum Gasteiger partial charge on any atom is -0.480 e. The van der Waals surface area contributed by atoms with Crippen LogP contribution in [0, 0.1) is 5.92 Å². The van der Waals surface area contributed by atoms with Crippen LogP contribution in [0.2, 0.25) is 0 Å². The molecule has 2 bridgehead atoms. The van der Waals surface area contributed by atoms with Crippen LogP contribution < -0.4 is 5.32 Å². The maximum atomic E-state index is 12.1. The molecule has 0 saturated carbocycles. The Labute approximate surface area is 115 Å². The number of amides is 1. The average molecular weight is 279 g/mol. The van der Waals surface area contributed by atoms with E-state index in [4.69, 9.17) is 5.11 Å². The zero-order chi connectivity index (χ0) is 14.1. The fourth-order valence-corrected chi connectivity index (χ4v) is 2.99. The van der Waals surface area contributed by atoms with Gasteiger partial charge in [0.05, 0.1) is 6.20 Å². The van der Waals surface area contributed by atoms with Crippen LogP contribution >= 0.6 is 0 Å². The predicted octanol–water partition coefficient (Wildman–Crippen LogP) is -0.813. The first-order valence-corrected chi connectivity index (χ1v) is 6.77. The predicted molar refractivity (Wildman–Crippen MR) is 68.1 cm³/mol. The second-order valence-corrected chi connectivity index (χ2v) is 5.41. The van der Waals surface area contributed by atoms with Gasteiger partial charge in [0.1, 0.15) is 6.54 Å². The van der Waals surface area contributed by atoms with Crippen molar-refractivity contribution in [1.29, 1.82) is 0 Å². The summed E-state index contributed by atoms with van der Waals surface area (Å²) in [5, 5.41) is 19.0. The van der Waals surface area contributed by atoms with E-state index in [1.807, 2.05) is 0 Å². The van der Waals surface area contributed by atoms with Crippen molar-refractivity contribution in [3.63, 3.8) is 0 Å². The summed E-state index contributed by atoms with van der Waals surface area (Å²) < 4.78 is 1.15. The first-order valence-electron chi connectivity index (χ1n) is 6.77. The van der Waals surface area contributed by atoms with E-state index in [1.165, 1.54) is 6.20 Å². The summed E-state index contributed by atoms with van der Waals surface area (Å²) in [5.41, 5.74) is 0.169. The summed E-state index contributed by atoms with van der Waals surface area (Å²) >= 11 is 0. The Hall–Kier alpha value is -1.96. The molecule has 3 aliphatic rings. The van der Waals surface area contributed by atoms with Crippen LogP contribution in [0.5, 0.6) is 0 Å². The lowest BCUT2D eigenvalue weighted by atomic mass is 9.84. The number of piperidine rings is 3. The van der Waals surface area contributed by atoms with Crippen LogP contribution in [0.15, 0.2) is 6.20 Å². The third kappa shape index (κ3) is 2.64. The molecule has 0 aliphatic carbocycles. The van der Waals surface area contributed by atoms with E-state index in [1.54, 1.807) is 0 Å². The molecule has 0 aromatic carbocycles. The molecule has 20 heavy (non-hydrogen) atoms. The van der Waals surface area contributed by atoms with Gasteiger partial charge >= 0.3 is 5.97 Å². The molecule has 0 radical (unpaired) electrons. The number of nitrogens with zero attached hydrogens (tertiary/aromatic N) is 4. The Morgan fingerprint density at radius 3 is 2.75 bits per heavy atom. The van der Waals surface area contributed by atoms with Crippen molar-refractivity contribution in [3.8, 4) is 0 Å². The molecule has 8 nitrogen and oxygen atoms in total. The Morgan fingerprint density at radius 1 is 1.40 bits per heavy atom. The number of aliphatic carboxylic acids is 1. The highest BCUT2D eigenvalue weighted by atomic mass is 16.4. The van der Waals surface area contributed by atoms with E-state index in [0.29, 0.717) is 5.92 Å². The summed E-state index contributed by atoms with van der Waals surface area (Å²) in [7, 11) is 0. The van der Waals surface area contributed by atoms with Gasteiger partial charge in [-0.25, -0.2) is 4.68 Å². The Balaban J connectivity index is 1.61. The summed E-state index contributed by atoms with van der Waals surface area (Å²) in [6.07, 6.45) is 3.61. The minimum absolute atomic E-state index is 0.162. The second kappa shape index (κ2) is 5.20. The maximum absolute atomic E-state index is 12.1. The summed E-state index contributed by atoms with van der Waals surface area (Å²) in [6, 6.07) is 0.162. The fraction of sp³-hybridized carbons (Fsp3) is 0.667. The number of carbonyl (C=O) groups excluding carboxylic acids is 1. The summed E-state index contributed by atoms with van der Waals surface area (Å²) in [5.74, 6) is -0.752. The quantitative estimate of drug-likeness (QED) is 0.747. The van der Waals surface area contributed by atoms with Gasteiger partial charge in [-0.05, 0) is 31.8 Å². The number of aromatic nitrogens is 3. The largest absolute Gasteiger partial charge is 0.480 e. The molecule has 3 aliphatic heterocycles. The third-order valence-electron chi connectivity index (χ3n) is 4.04. The smallest absolute Gasteiger partial charge is 0.325 e. The molecule has 3 saturated heterocycles. The van der Waals surface area contributed by atoms with Gasteiger partial charge in [-0.2, -0.15) is 0 Å². The van der Waals surface area contributed by atoms with Gasteiger partial charge < -0.3 is 15.3 Å². The molecule has 1 amide bonds. The number of hydrogen-bond acceptors (Lipinski definition) is 5. The highest BCUT2D eigenvalue weighted by Crippen LogP contribution is 2.27. The molecule has 2 N–H and O–H groups in total. The van der Waals surface area contributed by atoms with Crippen molar-refractivity contribution in [2.24, 2.45) is 5.92 Å². The monoisotopic (exact) mass is 279 g/mol. The van der Waals surface area contributed by atoms with Gasteiger partial charge in [-0.3, -0.25) is 9.59 Å². The second-order valence-electron chi connectivity index (χ2n) is 5.41. The van der Waals surface area contributed by atoms with Gasteiger partial charge in [-0.15, -0.1) is 5.10 Å². The number of fused-ring (bicyclic) bond motifs is 3. The molecule has 1 aromatic heterocycles. The molecular weight excluding hydrogens is 262 g/mol. The highest BCUT2D eigenvalue weighted by Gasteiger charge is 2.35. The van der Waals surface area contributed by atoms with Gasteiger partial charge in [-0.1, -0.05) is 5.21 Å². The molecule has 4 rings (SSSR count). The van der Waals surface area contributed by atoms with E-state index in [0.717, 1.165) is 37.2 Å². The van der Waals surface area contributed by atoms with Crippen LogP contribution in [0.3, 0.4) is 0 Å². The lowest BCUT2D eigenvalue weighted by molar-refractivity contribution is -0.137. The molecule has 3 fully saturated rings. The summed E-state index contributed by atoms with van der Waals surface area (Å²) in [4.78, 5) is 25.0. The van der Waals surface area contributed by atoms with Crippen LogP contribution in [0.25, 0.3) is 0 Å². The van der Waals surface area contributed by atoms with Crippen molar-refractivity contribution in [3.05, 3.63) is 11.9 Å².